The fraction of sp³-hybridized carbons (Fsp3) is 0.259. The van der Waals surface area contributed by atoms with E-state index in [1.165, 1.54) is 37.0 Å². The number of benzene rings is 2. The normalized spacial score (nSPS) is 13.7. The van der Waals surface area contributed by atoms with E-state index in [2.05, 4.69) is 64.0 Å². The fourth-order valence-electron chi connectivity index (χ4n) is 4.13. The van der Waals surface area contributed by atoms with Crippen LogP contribution < -0.4 is 0 Å². The first-order valence-corrected chi connectivity index (χ1v) is 11.7. The van der Waals surface area contributed by atoms with E-state index in [1.54, 1.807) is 6.26 Å². The highest BCUT2D eigenvalue weighted by Crippen LogP contribution is 2.22. The number of rotatable bonds is 7. The number of hydrogen-bond acceptors (Lipinski definition) is 6. The van der Waals surface area contributed by atoms with Crippen LogP contribution >= 0.6 is 0 Å². The van der Waals surface area contributed by atoms with Crippen molar-refractivity contribution in [3.63, 3.8) is 0 Å². The number of aromatic nitrogens is 3. The van der Waals surface area contributed by atoms with Gasteiger partial charge >= 0.3 is 11.9 Å². The lowest BCUT2D eigenvalue weighted by molar-refractivity contribution is -0.134. The van der Waals surface area contributed by atoms with E-state index >= 15 is 0 Å². The SMILES string of the molecule is Cn1c(Cc2ccc(-c3nc(CN4CCCC4)co3)cc2)nc2ccccc21.O=C(O)/C=C/C(=O)O. The molecule has 2 N–H and O–H groups in total. The number of aliphatic carboxylic acids is 2. The summed E-state index contributed by atoms with van der Waals surface area (Å²) >= 11 is 0. The summed E-state index contributed by atoms with van der Waals surface area (Å²) < 4.78 is 7.89. The Morgan fingerprint density at radius 1 is 0.972 bits per heavy atom. The molecule has 5 rings (SSSR count). The van der Waals surface area contributed by atoms with Crippen molar-refractivity contribution >= 4 is 23.0 Å². The number of carboxylic acid groups (broad SMARTS) is 2. The maximum Gasteiger partial charge on any atom is 0.328 e. The lowest BCUT2D eigenvalue weighted by Crippen LogP contribution is -2.18. The van der Waals surface area contributed by atoms with Gasteiger partial charge in [0.2, 0.25) is 5.89 Å². The van der Waals surface area contributed by atoms with Gasteiger partial charge in [-0.15, -0.1) is 0 Å². The summed E-state index contributed by atoms with van der Waals surface area (Å²) in [5.41, 5.74) is 5.47. The molecule has 186 valence electrons. The van der Waals surface area contributed by atoms with Crippen molar-refractivity contribution in [2.24, 2.45) is 7.05 Å². The van der Waals surface area contributed by atoms with Gasteiger partial charge in [-0.3, -0.25) is 4.90 Å². The van der Waals surface area contributed by atoms with Crippen LogP contribution in [0, 0.1) is 0 Å². The zero-order chi connectivity index (χ0) is 25.5. The summed E-state index contributed by atoms with van der Waals surface area (Å²) in [6, 6.07) is 16.7. The molecule has 2 aromatic heterocycles. The van der Waals surface area contributed by atoms with Gasteiger partial charge in [0, 0.05) is 37.7 Å². The number of carboxylic acids is 2. The highest BCUT2D eigenvalue weighted by Gasteiger charge is 2.15. The topological polar surface area (TPSA) is 122 Å². The van der Waals surface area contributed by atoms with Crippen molar-refractivity contribution in [3.05, 3.63) is 84.0 Å². The van der Waals surface area contributed by atoms with E-state index in [4.69, 9.17) is 19.6 Å². The first kappa shape index (κ1) is 24.9. The highest BCUT2D eigenvalue weighted by molar-refractivity contribution is 5.89. The average Bonchev–Trinajstić information content (AvgIpc) is 3.61. The van der Waals surface area contributed by atoms with Crippen molar-refractivity contribution in [3.8, 4) is 11.5 Å². The van der Waals surface area contributed by atoms with Gasteiger partial charge in [-0.2, -0.15) is 0 Å². The molecule has 0 unspecified atom stereocenters. The first-order chi connectivity index (χ1) is 17.4. The number of carbonyl (C=O) groups is 2. The Morgan fingerprint density at radius 2 is 1.64 bits per heavy atom. The molecule has 2 aromatic carbocycles. The Kier molecular flexibility index (Phi) is 7.92. The third-order valence-electron chi connectivity index (χ3n) is 5.95. The van der Waals surface area contributed by atoms with Crippen molar-refractivity contribution in [1.82, 2.24) is 19.4 Å². The molecule has 9 heteroatoms. The number of para-hydroxylation sites is 2. The van der Waals surface area contributed by atoms with Crippen LogP contribution in [0.15, 0.2) is 71.4 Å². The van der Waals surface area contributed by atoms with Crippen molar-refractivity contribution in [2.75, 3.05) is 13.1 Å². The smallest absolute Gasteiger partial charge is 0.328 e. The summed E-state index contributed by atoms with van der Waals surface area (Å²) in [7, 11) is 2.08. The molecule has 4 aromatic rings. The Bertz CT molecular complexity index is 1350. The van der Waals surface area contributed by atoms with Crippen LogP contribution in [0.25, 0.3) is 22.5 Å². The predicted molar refractivity (Wildman–Crippen MR) is 134 cm³/mol. The summed E-state index contributed by atoms with van der Waals surface area (Å²) in [5, 5.41) is 15.6. The average molecular weight is 489 g/mol. The van der Waals surface area contributed by atoms with E-state index in [0.29, 0.717) is 18.0 Å². The maximum absolute atomic E-state index is 9.55. The fourth-order valence-corrected chi connectivity index (χ4v) is 4.13. The maximum atomic E-state index is 9.55. The predicted octanol–water partition coefficient (Wildman–Crippen LogP) is 4.13. The Morgan fingerprint density at radius 3 is 2.28 bits per heavy atom. The van der Waals surface area contributed by atoms with Crippen molar-refractivity contribution in [2.45, 2.75) is 25.8 Å². The van der Waals surface area contributed by atoms with E-state index < -0.39 is 11.9 Å². The molecule has 0 aliphatic carbocycles. The van der Waals surface area contributed by atoms with Crippen LogP contribution in [0.2, 0.25) is 0 Å². The molecule has 1 aliphatic rings. The minimum atomic E-state index is -1.26. The van der Waals surface area contributed by atoms with Gasteiger partial charge in [0.1, 0.15) is 12.1 Å². The molecule has 0 atom stereocenters. The molecule has 9 nitrogen and oxygen atoms in total. The lowest BCUT2D eigenvalue weighted by Gasteiger charge is -2.11. The van der Waals surface area contributed by atoms with E-state index in [1.807, 2.05) is 6.07 Å². The molecule has 0 saturated carbocycles. The second-order valence-corrected chi connectivity index (χ2v) is 8.59. The molecule has 0 radical (unpaired) electrons. The summed E-state index contributed by atoms with van der Waals surface area (Å²) in [5.74, 6) is -0.749. The van der Waals surface area contributed by atoms with Crippen LogP contribution in [-0.2, 0) is 29.6 Å². The molecule has 0 spiro atoms. The third kappa shape index (κ3) is 6.45. The van der Waals surface area contributed by atoms with Gasteiger partial charge < -0.3 is 19.2 Å². The van der Waals surface area contributed by atoms with Gasteiger partial charge in [-0.1, -0.05) is 24.3 Å². The van der Waals surface area contributed by atoms with E-state index in [-0.39, 0.29) is 0 Å². The Balaban J connectivity index is 0.000000331. The van der Waals surface area contributed by atoms with Crippen LogP contribution in [0.3, 0.4) is 0 Å². The van der Waals surface area contributed by atoms with Gasteiger partial charge in [0.05, 0.1) is 16.7 Å². The summed E-state index contributed by atoms with van der Waals surface area (Å²) in [6.07, 6.45) is 6.29. The molecule has 1 fully saturated rings. The number of imidazole rings is 1. The second-order valence-electron chi connectivity index (χ2n) is 8.59. The van der Waals surface area contributed by atoms with Crippen LogP contribution in [0.4, 0.5) is 0 Å². The van der Waals surface area contributed by atoms with E-state index in [0.717, 1.165) is 35.6 Å². The quantitative estimate of drug-likeness (QED) is 0.373. The molecule has 36 heavy (non-hydrogen) atoms. The number of oxazole rings is 1. The number of fused-ring (bicyclic) bond motifs is 1. The van der Waals surface area contributed by atoms with E-state index in [9.17, 15) is 9.59 Å². The van der Waals surface area contributed by atoms with Gasteiger partial charge in [-0.25, -0.2) is 19.6 Å². The van der Waals surface area contributed by atoms with Gasteiger partial charge in [-0.05, 0) is 55.8 Å². The number of aryl methyl sites for hydroxylation is 1. The zero-order valence-electron chi connectivity index (χ0n) is 20.0. The molecule has 1 aliphatic heterocycles. The largest absolute Gasteiger partial charge is 0.478 e. The molecule has 3 heterocycles. The molecular formula is C27H28N4O5. The Hall–Kier alpha value is -4.24. The Labute approximate surface area is 208 Å². The lowest BCUT2D eigenvalue weighted by atomic mass is 10.1. The third-order valence-corrected chi connectivity index (χ3v) is 5.95. The summed E-state index contributed by atoms with van der Waals surface area (Å²) in [4.78, 5) is 31.0. The number of hydrogen-bond donors (Lipinski definition) is 2. The monoisotopic (exact) mass is 488 g/mol. The molecular weight excluding hydrogens is 460 g/mol. The second kappa shape index (κ2) is 11.5. The molecule has 0 bridgehead atoms. The number of likely N-dealkylation sites (tertiary alicyclic amines) is 1. The van der Waals surface area contributed by atoms with Crippen LogP contribution in [0.1, 0.15) is 29.9 Å². The first-order valence-electron chi connectivity index (χ1n) is 11.7. The highest BCUT2D eigenvalue weighted by atomic mass is 16.4. The van der Waals surface area contributed by atoms with Crippen LogP contribution in [-0.4, -0.2) is 54.7 Å². The van der Waals surface area contributed by atoms with Crippen LogP contribution in [0.5, 0.6) is 0 Å². The van der Waals surface area contributed by atoms with Crippen molar-refractivity contribution in [1.29, 1.82) is 0 Å². The molecule has 1 saturated heterocycles. The minimum Gasteiger partial charge on any atom is -0.478 e. The van der Waals surface area contributed by atoms with Gasteiger partial charge in [0.25, 0.3) is 0 Å². The minimum absolute atomic E-state index is 0.558. The zero-order valence-corrected chi connectivity index (χ0v) is 20.0. The molecule has 0 amide bonds. The van der Waals surface area contributed by atoms with Gasteiger partial charge in [0.15, 0.2) is 0 Å². The van der Waals surface area contributed by atoms with Crippen molar-refractivity contribution < 1.29 is 24.2 Å². The standard InChI is InChI=1S/C23H24N4O.C4H4O4/c1-26-21-7-3-2-6-20(21)25-22(26)14-17-8-10-18(11-9-17)23-24-19(16-28-23)15-27-12-4-5-13-27;5-3(6)1-2-4(7)8/h2-3,6-11,16H,4-5,12-15H2,1H3;1-2H,(H,5,6)(H,7,8)/b;2-1+. The number of nitrogens with zero attached hydrogens (tertiary/aromatic N) is 4. The summed E-state index contributed by atoms with van der Waals surface area (Å²) in [6.45, 7) is 3.21.